The first-order chi connectivity index (χ1) is 25.1. The monoisotopic (exact) mass is 652 g/mol. The number of para-hydroxylation sites is 2. The minimum absolute atomic E-state index is 0.0845. The van der Waals surface area contributed by atoms with Gasteiger partial charge in [-0.2, -0.15) is 0 Å². The van der Waals surface area contributed by atoms with E-state index in [1.165, 1.54) is 66.0 Å². The average molecular weight is 653 g/mol. The third-order valence-electron chi connectivity index (χ3n) is 11.0. The average Bonchev–Trinajstić information content (AvgIpc) is 3.65. The number of aromatic nitrogens is 1. The molecule has 1 aliphatic carbocycles. The summed E-state index contributed by atoms with van der Waals surface area (Å²) in [5, 5.41) is 4.90. The predicted octanol–water partition coefficient (Wildman–Crippen LogP) is 13.4. The van der Waals surface area contributed by atoms with Crippen molar-refractivity contribution in [3.8, 4) is 27.9 Å². The van der Waals surface area contributed by atoms with Crippen molar-refractivity contribution >= 4 is 49.6 Å². The molecule has 0 N–H and O–H groups in total. The maximum atomic E-state index is 2.46. The second-order valence-corrected chi connectivity index (χ2v) is 14.1. The maximum absolute atomic E-state index is 2.46. The largest absolute Gasteiger partial charge is 0.309 e. The molecule has 8 aromatic carbocycles. The van der Waals surface area contributed by atoms with Gasteiger partial charge in [-0.3, -0.25) is 0 Å². The molecule has 242 valence electrons. The lowest BCUT2D eigenvalue weighted by molar-refractivity contribution is 0.662. The third-order valence-corrected chi connectivity index (χ3v) is 11.0. The standard InChI is InChI=1S/C49H36N2/c1-49(2)42-24-10-8-20-39(42)40-23-13-22-38(48(40)49)34-29-31-36(32-30-34)51(43-26-12-16-33-15-6-7-19-37(33)43)46-28-14-27-45-47(46)41-21-9-11-25-44(41)50(45)35-17-4-3-5-18-35/h3-32H,1-2H3. The summed E-state index contributed by atoms with van der Waals surface area (Å²) < 4.78 is 2.40. The molecule has 51 heavy (non-hydrogen) atoms. The summed E-state index contributed by atoms with van der Waals surface area (Å²) >= 11 is 0. The fourth-order valence-electron chi connectivity index (χ4n) is 8.73. The zero-order valence-electron chi connectivity index (χ0n) is 28.7. The molecule has 0 spiro atoms. The van der Waals surface area contributed by atoms with Crippen molar-refractivity contribution in [2.45, 2.75) is 19.3 Å². The summed E-state index contributed by atoms with van der Waals surface area (Å²) in [6, 6.07) is 66.5. The number of benzene rings is 8. The quantitative estimate of drug-likeness (QED) is 0.180. The van der Waals surface area contributed by atoms with E-state index in [0.717, 1.165) is 22.7 Å². The molecule has 2 heteroatoms. The fourth-order valence-corrected chi connectivity index (χ4v) is 8.73. The van der Waals surface area contributed by atoms with E-state index in [-0.39, 0.29) is 5.41 Å². The number of hydrogen-bond donors (Lipinski definition) is 0. The molecule has 0 unspecified atom stereocenters. The number of hydrogen-bond acceptors (Lipinski definition) is 1. The van der Waals surface area contributed by atoms with Crippen LogP contribution >= 0.6 is 0 Å². The van der Waals surface area contributed by atoms with Crippen LogP contribution in [0.25, 0.3) is 60.5 Å². The van der Waals surface area contributed by atoms with Gasteiger partial charge in [0.1, 0.15) is 0 Å². The highest BCUT2D eigenvalue weighted by atomic mass is 15.1. The van der Waals surface area contributed by atoms with Gasteiger partial charge in [0.2, 0.25) is 0 Å². The Balaban J connectivity index is 1.20. The Hall–Kier alpha value is -6.38. The minimum Gasteiger partial charge on any atom is -0.309 e. The van der Waals surface area contributed by atoms with Gasteiger partial charge in [-0.05, 0) is 87.3 Å². The van der Waals surface area contributed by atoms with E-state index < -0.39 is 0 Å². The predicted molar refractivity (Wildman–Crippen MR) is 216 cm³/mol. The Morgan fingerprint density at radius 2 is 1.06 bits per heavy atom. The molecule has 2 nitrogen and oxygen atoms in total. The summed E-state index contributed by atoms with van der Waals surface area (Å²) in [6.45, 7) is 4.73. The van der Waals surface area contributed by atoms with Crippen LogP contribution in [-0.2, 0) is 5.41 Å². The summed E-state index contributed by atoms with van der Waals surface area (Å²) in [6.07, 6.45) is 0. The van der Waals surface area contributed by atoms with Gasteiger partial charge in [-0.1, -0.05) is 147 Å². The molecule has 1 aromatic heterocycles. The third kappa shape index (κ3) is 4.43. The normalized spacial score (nSPS) is 13.1. The zero-order chi connectivity index (χ0) is 34.1. The van der Waals surface area contributed by atoms with E-state index in [0.29, 0.717) is 0 Å². The van der Waals surface area contributed by atoms with E-state index in [1.807, 2.05) is 0 Å². The molecule has 9 aromatic rings. The van der Waals surface area contributed by atoms with Crippen molar-refractivity contribution in [3.05, 3.63) is 193 Å². The van der Waals surface area contributed by atoms with Crippen LogP contribution in [0.3, 0.4) is 0 Å². The highest BCUT2D eigenvalue weighted by Gasteiger charge is 2.37. The topological polar surface area (TPSA) is 8.17 Å². The molecule has 0 saturated heterocycles. The molecule has 1 aliphatic rings. The molecular weight excluding hydrogens is 617 g/mol. The van der Waals surface area contributed by atoms with E-state index in [9.17, 15) is 0 Å². The van der Waals surface area contributed by atoms with Crippen LogP contribution in [0.5, 0.6) is 0 Å². The van der Waals surface area contributed by atoms with Crippen LogP contribution in [0, 0.1) is 0 Å². The molecule has 0 amide bonds. The van der Waals surface area contributed by atoms with Gasteiger partial charge in [0, 0.05) is 32.9 Å². The van der Waals surface area contributed by atoms with Crippen LogP contribution in [0.2, 0.25) is 0 Å². The van der Waals surface area contributed by atoms with E-state index >= 15 is 0 Å². The summed E-state index contributed by atoms with van der Waals surface area (Å²) in [5.74, 6) is 0. The summed E-state index contributed by atoms with van der Waals surface area (Å²) in [5.41, 5.74) is 14.9. The Kier molecular flexibility index (Phi) is 6.56. The van der Waals surface area contributed by atoms with Gasteiger partial charge in [-0.15, -0.1) is 0 Å². The van der Waals surface area contributed by atoms with Crippen LogP contribution < -0.4 is 4.90 Å². The molecule has 0 fully saturated rings. The van der Waals surface area contributed by atoms with Gasteiger partial charge in [0.15, 0.2) is 0 Å². The van der Waals surface area contributed by atoms with Gasteiger partial charge in [0.05, 0.1) is 22.4 Å². The van der Waals surface area contributed by atoms with Crippen molar-refractivity contribution in [1.82, 2.24) is 4.57 Å². The van der Waals surface area contributed by atoms with Crippen molar-refractivity contribution in [2.24, 2.45) is 0 Å². The van der Waals surface area contributed by atoms with Crippen molar-refractivity contribution in [3.63, 3.8) is 0 Å². The Morgan fingerprint density at radius 1 is 0.451 bits per heavy atom. The molecule has 0 atom stereocenters. The number of anilines is 3. The van der Waals surface area contributed by atoms with Gasteiger partial charge >= 0.3 is 0 Å². The molecule has 1 heterocycles. The van der Waals surface area contributed by atoms with Crippen LogP contribution in [-0.4, -0.2) is 4.57 Å². The molecule has 0 radical (unpaired) electrons. The molecule has 10 rings (SSSR count). The molecule has 0 saturated carbocycles. The van der Waals surface area contributed by atoms with Gasteiger partial charge in [-0.25, -0.2) is 0 Å². The second kappa shape index (κ2) is 11.3. The van der Waals surface area contributed by atoms with Crippen LogP contribution in [0.4, 0.5) is 17.1 Å². The highest BCUT2D eigenvalue weighted by molar-refractivity contribution is 6.17. The number of nitrogens with zero attached hydrogens (tertiary/aromatic N) is 2. The number of rotatable bonds is 5. The zero-order valence-corrected chi connectivity index (χ0v) is 28.7. The van der Waals surface area contributed by atoms with Crippen LogP contribution in [0.1, 0.15) is 25.0 Å². The molecule has 0 aliphatic heterocycles. The lowest BCUT2D eigenvalue weighted by atomic mass is 9.79. The van der Waals surface area contributed by atoms with E-state index in [4.69, 9.17) is 0 Å². The smallest absolute Gasteiger partial charge is 0.0562 e. The highest BCUT2D eigenvalue weighted by Crippen LogP contribution is 2.52. The molecule has 0 bridgehead atoms. The summed E-state index contributed by atoms with van der Waals surface area (Å²) in [4.78, 5) is 2.46. The van der Waals surface area contributed by atoms with E-state index in [1.54, 1.807) is 0 Å². The minimum atomic E-state index is -0.0845. The lowest BCUT2D eigenvalue weighted by Crippen LogP contribution is -2.16. The van der Waals surface area contributed by atoms with Gasteiger partial charge in [0.25, 0.3) is 0 Å². The van der Waals surface area contributed by atoms with Gasteiger partial charge < -0.3 is 9.47 Å². The van der Waals surface area contributed by atoms with Crippen molar-refractivity contribution < 1.29 is 0 Å². The SMILES string of the molecule is CC1(C)c2ccccc2-c2cccc(-c3ccc(N(c4cccc5ccccc45)c4cccc5c4c4ccccc4n5-c4ccccc4)cc3)c21. The second-order valence-electron chi connectivity index (χ2n) is 14.1. The van der Waals surface area contributed by atoms with Crippen molar-refractivity contribution in [2.75, 3.05) is 4.90 Å². The maximum Gasteiger partial charge on any atom is 0.0562 e. The lowest BCUT2D eigenvalue weighted by Gasteiger charge is -2.28. The van der Waals surface area contributed by atoms with E-state index in [2.05, 4.69) is 205 Å². The first-order valence-corrected chi connectivity index (χ1v) is 17.8. The Labute approximate surface area is 298 Å². The first kappa shape index (κ1) is 29.5. The fraction of sp³-hybridized carbons (Fsp3) is 0.0612. The Morgan fingerprint density at radius 3 is 1.92 bits per heavy atom. The first-order valence-electron chi connectivity index (χ1n) is 17.8. The van der Waals surface area contributed by atoms with Crippen LogP contribution in [0.15, 0.2) is 182 Å². The Bertz CT molecular complexity index is 2760. The molecular formula is C49H36N2. The summed E-state index contributed by atoms with van der Waals surface area (Å²) in [7, 11) is 0. The van der Waals surface area contributed by atoms with Crippen molar-refractivity contribution in [1.29, 1.82) is 0 Å². The number of fused-ring (bicyclic) bond motifs is 7.